The number of rotatable bonds is 7. The Hall–Kier alpha value is -2.24. The van der Waals surface area contributed by atoms with E-state index in [0.717, 1.165) is 44.6 Å². The van der Waals surface area contributed by atoms with Crippen LogP contribution in [0.4, 0.5) is 0 Å². The van der Waals surface area contributed by atoms with Gasteiger partial charge >= 0.3 is 0 Å². The highest BCUT2D eigenvalue weighted by atomic mass is 16.5. The number of amides is 1. The van der Waals surface area contributed by atoms with Gasteiger partial charge in [0.25, 0.3) is 5.91 Å². The molecule has 1 aromatic carbocycles. The Morgan fingerprint density at radius 3 is 2.54 bits per heavy atom. The molecule has 1 aromatic heterocycles. The first-order valence-electron chi connectivity index (χ1n) is 9.20. The van der Waals surface area contributed by atoms with Gasteiger partial charge in [-0.25, -0.2) is 0 Å². The quantitative estimate of drug-likeness (QED) is 0.832. The molecule has 1 aliphatic heterocycles. The Morgan fingerprint density at radius 1 is 1.15 bits per heavy atom. The van der Waals surface area contributed by atoms with Crippen molar-refractivity contribution in [3.8, 4) is 0 Å². The Bertz CT molecular complexity index is 683. The second kappa shape index (κ2) is 8.92. The molecule has 2 aromatic rings. The number of nitrogens with zero attached hydrogens (tertiary/aromatic N) is 2. The van der Waals surface area contributed by atoms with Crippen LogP contribution in [0, 0.1) is 0 Å². The molecule has 3 rings (SSSR count). The van der Waals surface area contributed by atoms with Crippen molar-refractivity contribution in [2.24, 2.45) is 0 Å². The molecule has 0 radical (unpaired) electrons. The van der Waals surface area contributed by atoms with E-state index in [-0.39, 0.29) is 11.4 Å². The van der Waals surface area contributed by atoms with Crippen molar-refractivity contribution in [1.29, 1.82) is 0 Å². The van der Waals surface area contributed by atoms with Crippen molar-refractivity contribution >= 4 is 5.91 Å². The van der Waals surface area contributed by atoms with Crippen molar-refractivity contribution < 1.29 is 9.53 Å². The van der Waals surface area contributed by atoms with Crippen LogP contribution in [0.25, 0.3) is 0 Å². The predicted molar refractivity (Wildman–Crippen MR) is 102 cm³/mol. The highest BCUT2D eigenvalue weighted by Crippen LogP contribution is 2.27. The number of carbonyl (C=O) groups excluding carboxylic acids is 1. The molecule has 1 fully saturated rings. The van der Waals surface area contributed by atoms with E-state index in [1.54, 1.807) is 7.11 Å². The highest BCUT2D eigenvalue weighted by molar-refractivity contribution is 5.94. The van der Waals surface area contributed by atoms with E-state index in [4.69, 9.17) is 4.74 Å². The molecule has 0 bridgehead atoms. The molecule has 1 saturated heterocycles. The minimum absolute atomic E-state index is 0.000112. The summed E-state index contributed by atoms with van der Waals surface area (Å²) in [6.45, 7) is 3.38. The van der Waals surface area contributed by atoms with E-state index in [0.29, 0.717) is 12.2 Å². The number of nitrogens with one attached hydrogen (secondary N) is 1. The first-order chi connectivity index (χ1) is 12.7. The number of hydrogen-bond acceptors (Lipinski definition) is 4. The van der Waals surface area contributed by atoms with Gasteiger partial charge in [-0.15, -0.1) is 0 Å². The SMILES string of the molecule is COCCC1(NC(=O)c2ccccc2)CCN(Cc2ccccn2)CC1. The second-order valence-corrected chi connectivity index (χ2v) is 6.94. The van der Waals surface area contributed by atoms with Crippen LogP contribution in [-0.4, -0.2) is 48.1 Å². The summed E-state index contributed by atoms with van der Waals surface area (Å²) in [4.78, 5) is 19.5. The van der Waals surface area contributed by atoms with E-state index in [9.17, 15) is 4.79 Å². The zero-order valence-corrected chi connectivity index (χ0v) is 15.4. The number of ether oxygens (including phenoxy) is 1. The topological polar surface area (TPSA) is 54.5 Å². The van der Waals surface area contributed by atoms with Gasteiger partial charge in [0.05, 0.1) is 5.69 Å². The van der Waals surface area contributed by atoms with Gasteiger partial charge in [0, 0.05) is 50.7 Å². The zero-order valence-electron chi connectivity index (χ0n) is 15.4. The molecule has 5 nitrogen and oxygen atoms in total. The number of carbonyl (C=O) groups is 1. The van der Waals surface area contributed by atoms with Crippen molar-refractivity contribution in [3.63, 3.8) is 0 Å². The molecule has 0 aliphatic carbocycles. The molecular formula is C21H27N3O2. The molecular weight excluding hydrogens is 326 g/mol. The summed E-state index contributed by atoms with van der Waals surface area (Å²) < 4.78 is 5.30. The summed E-state index contributed by atoms with van der Waals surface area (Å²) in [5.41, 5.74) is 1.59. The molecule has 0 spiro atoms. The standard InChI is InChI=1S/C21H27N3O2/c1-26-16-12-21(23-20(25)18-7-3-2-4-8-18)10-14-24(15-11-21)17-19-9-5-6-13-22-19/h2-9,13H,10-12,14-17H2,1H3,(H,23,25). The number of piperidine rings is 1. The average molecular weight is 353 g/mol. The largest absolute Gasteiger partial charge is 0.385 e. The third kappa shape index (κ3) is 4.90. The summed E-state index contributed by atoms with van der Waals surface area (Å²) in [5.74, 6) is -0.000112. The van der Waals surface area contributed by atoms with E-state index >= 15 is 0 Å². The van der Waals surface area contributed by atoms with Gasteiger partial charge in [-0.1, -0.05) is 24.3 Å². The van der Waals surface area contributed by atoms with E-state index < -0.39 is 0 Å². The maximum Gasteiger partial charge on any atom is 0.251 e. The number of likely N-dealkylation sites (tertiary alicyclic amines) is 1. The maximum absolute atomic E-state index is 12.7. The van der Waals surface area contributed by atoms with E-state index in [2.05, 4.69) is 21.3 Å². The third-order valence-electron chi connectivity index (χ3n) is 5.12. The second-order valence-electron chi connectivity index (χ2n) is 6.94. The smallest absolute Gasteiger partial charge is 0.251 e. The van der Waals surface area contributed by atoms with Crippen LogP contribution >= 0.6 is 0 Å². The molecule has 1 aliphatic rings. The summed E-state index contributed by atoms with van der Waals surface area (Å²) >= 11 is 0. The molecule has 1 N–H and O–H groups in total. The lowest BCUT2D eigenvalue weighted by atomic mass is 9.84. The predicted octanol–water partition coefficient (Wildman–Crippen LogP) is 2.88. The molecule has 5 heteroatoms. The Balaban J connectivity index is 1.62. The molecule has 0 saturated carbocycles. The minimum atomic E-state index is -0.205. The fourth-order valence-corrected chi connectivity index (χ4v) is 3.50. The summed E-state index contributed by atoms with van der Waals surface area (Å²) in [5, 5.41) is 3.31. The third-order valence-corrected chi connectivity index (χ3v) is 5.12. The molecule has 1 amide bonds. The van der Waals surface area contributed by atoms with Crippen molar-refractivity contribution in [3.05, 3.63) is 66.0 Å². The lowest BCUT2D eigenvalue weighted by molar-refractivity contribution is 0.0688. The Morgan fingerprint density at radius 2 is 1.88 bits per heavy atom. The first-order valence-corrected chi connectivity index (χ1v) is 9.20. The van der Waals surface area contributed by atoms with Crippen LogP contribution in [0.2, 0.25) is 0 Å². The number of methoxy groups -OCH3 is 1. The van der Waals surface area contributed by atoms with Crippen molar-refractivity contribution in [2.75, 3.05) is 26.8 Å². The molecule has 138 valence electrons. The van der Waals surface area contributed by atoms with Crippen LogP contribution in [0.15, 0.2) is 54.7 Å². The normalized spacial score (nSPS) is 17.0. The zero-order chi connectivity index (χ0) is 18.2. The van der Waals surface area contributed by atoms with Gasteiger partial charge < -0.3 is 10.1 Å². The number of benzene rings is 1. The van der Waals surface area contributed by atoms with Crippen LogP contribution in [0.1, 0.15) is 35.3 Å². The molecule has 0 unspecified atom stereocenters. The van der Waals surface area contributed by atoms with Crippen LogP contribution in [0.3, 0.4) is 0 Å². The summed E-state index contributed by atoms with van der Waals surface area (Å²) in [6, 6.07) is 15.4. The Labute approximate surface area is 155 Å². The van der Waals surface area contributed by atoms with Gasteiger partial charge in [0.1, 0.15) is 0 Å². The van der Waals surface area contributed by atoms with E-state index in [1.807, 2.05) is 48.7 Å². The molecule has 0 atom stereocenters. The van der Waals surface area contributed by atoms with Gasteiger partial charge in [0.2, 0.25) is 0 Å². The lowest BCUT2D eigenvalue weighted by Crippen LogP contribution is -2.55. The van der Waals surface area contributed by atoms with Crippen molar-refractivity contribution in [1.82, 2.24) is 15.2 Å². The fourth-order valence-electron chi connectivity index (χ4n) is 3.50. The van der Waals surface area contributed by atoms with Gasteiger partial charge in [-0.3, -0.25) is 14.7 Å². The van der Waals surface area contributed by atoms with Crippen LogP contribution in [-0.2, 0) is 11.3 Å². The first kappa shape index (κ1) is 18.5. The summed E-state index contributed by atoms with van der Waals surface area (Å²) in [7, 11) is 1.71. The summed E-state index contributed by atoms with van der Waals surface area (Å²) in [6.07, 6.45) is 4.51. The van der Waals surface area contributed by atoms with Crippen LogP contribution in [0.5, 0.6) is 0 Å². The maximum atomic E-state index is 12.7. The van der Waals surface area contributed by atoms with Crippen LogP contribution < -0.4 is 5.32 Å². The lowest BCUT2D eigenvalue weighted by Gasteiger charge is -2.42. The van der Waals surface area contributed by atoms with Gasteiger partial charge in [0.15, 0.2) is 0 Å². The fraction of sp³-hybridized carbons (Fsp3) is 0.429. The van der Waals surface area contributed by atoms with E-state index in [1.165, 1.54) is 0 Å². The van der Waals surface area contributed by atoms with Gasteiger partial charge in [-0.05, 0) is 43.5 Å². The average Bonchev–Trinajstić information content (AvgIpc) is 2.70. The highest BCUT2D eigenvalue weighted by Gasteiger charge is 2.35. The number of aromatic nitrogens is 1. The number of pyridine rings is 1. The molecule has 2 heterocycles. The monoisotopic (exact) mass is 353 g/mol. The minimum Gasteiger partial charge on any atom is -0.385 e. The van der Waals surface area contributed by atoms with Gasteiger partial charge in [-0.2, -0.15) is 0 Å². The molecule has 26 heavy (non-hydrogen) atoms. The van der Waals surface area contributed by atoms with Crippen molar-refractivity contribution in [2.45, 2.75) is 31.3 Å². The Kier molecular flexibility index (Phi) is 6.36. The number of hydrogen-bond donors (Lipinski definition) is 1.